The molecular formula is C11H12F3NO2. The van der Waals surface area contributed by atoms with Crippen LogP contribution in [0.3, 0.4) is 0 Å². The molecule has 6 heteroatoms. The molecule has 0 saturated heterocycles. The summed E-state index contributed by atoms with van der Waals surface area (Å²) in [5.41, 5.74) is -0.287. The number of rotatable bonds is 4. The summed E-state index contributed by atoms with van der Waals surface area (Å²) in [6.45, 7) is 3.01. The van der Waals surface area contributed by atoms with Crippen LogP contribution < -0.4 is 5.32 Å². The number of nitrogens with one attached hydrogen (secondary N) is 1. The highest BCUT2D eigenvalue weighted by Gasteiger charge is 2.11. The number of carbonyl (C=O) groups excluding carboxylic acids is 1. The highest BCUT2D eigenvalue weighted by Crippen LogP contribution is 2.18. The molecule has 0 fully saturated rings. The Bertz CT molecular complexity index is 421. The maximum absolute atomic E-state index is 13.1. The first-order chi connectivity index (χ1) is 7.90. The molecule has 3 nitrogen and oxygen atoms in total. The van der Waals surface area contributed by atoms with Gasteiger partial charge in [-0.15, -0.1) is 0 Å². The lowest BCUT2D eigenvalue weighted by molar-refractivity contribution is -0.145. The molecule has 0 radical (unpaired) electrons. The standard InChI is InChI=1S/C11H12F3NO2/c1-6(2)17-11(16)5-15-10-4-8(13)7(12)3-9(10)14/h3-4,6,15H,5H2,1-2H3. The summed E-state index contributed by atoms with van der Waals surface area (Å²) in [7, 11) is 0. The van der Waals surface area contributed by atoms with Crippen LogP contribution in [-0.2, 0) is 9.53 Å². The van der Waals surface area contributed by atoms with Gasteiger partial charge >= 0.3 is 5.97 Å². The Balaban J connectivity index is 2.63. The minimum Gasteiger partial charge on any atom is -0.462 e. The van der Waals surface area contributed by atoms with Gasteiger partial charge in [0, 0.05) is 12.1 Å². The van der Waals surface area contributed by atoms with Gasteiger partial charge < -0.3 is 10.1 Å². The summed E-state index contributed by atoms with van der Waals surface area (Å²) in [5.74, 6) is -4.05. The Morgan fingerprint density at radius 2 is 1.82 bits per heavy atom. The third-order valence-electron chi connectivity index (χ3n) is 1.80. The van der Waals surface area contributed by atoms with Gasteiger partial charge in [0.15, 0.2) is 11.6 Å². The predicted octanol–water partition coefficient (Wildman–Crippen LogP) is 2.47. The van der Waals surface area contributed by atoms with Crippen LogP contribution in [0.2, 0.25) is 0 Å². The van der Waals surface area contributed by atoms with E-state index in [1.54, 1.807) is 13.8 Å². The minimum atomic E-state index is -1.28. The van der Waals surface area contributed by atoms with Crippen LogP contribution in [0.25, 0.3) is 0 Å². The minimum absolute atomic E-state index is 0.287. The number of halogens is 3. The second kappa shape index (κ2) is 5.56. The van der Waals surface area contributed by atoms with Crippen molar-refractivity contribution in [2.75, 3.05) is 11.9 Å². The van der Waals surface area contributed by atoms with Crippen molar-refractivity contribution in [3.8, 4) is 0 Å². The summed E-state index contributed by atoms with van der Waals surface area (Å²) in [4.78, 5) is 11.1. The van der Waals surface area contributed by atoms with Crippen LogP contribution in [0.4, 0.5) is 18.9 Å². The van der Waals surface area contributed by atoms with Crippen LogP contribution in [0.5, 0.6) is 0 Å². The highest BCUT2D eigenvalue weighted by molar-refractivity contribution is 5.75. The van der Waals surface area contributed by atoms with Crippen LogP contribution in [0.15, 0.2) is 12.1 Å². The van der Waals surface area contributed by atoms with E-state index in [2.05, 4.69) is 5.32 Å². The number of anilines is 1. The molecule has 17 heavy (non-hydrogen) atoms. The largest absolute Gasteiger partial charge is 0.462 e. The fourth-order valence-corrected chi connectivity index (χ4v) is 1.13. The van der Waals surface area contributed by atoms with E-state index < -0.39 is 23.4 Å². The van der Waals surface area contributed by atoms with Crippen LogP contribution in [0.1, 0.15) is 13.8 Å². The molecule has 1 rings (SSSR count). The number of carbonyl (C=O) groups is 1. The van der Waals surface area contributed by atoms with Crippen molar-refractivity contribution in [2.45, 2.75) is 20.0 Å². The Morgan fingerprint density at radius 1 is 1.24 bits per heavy atom. The average molecular weight is 247 g/mol. The summed E-state index contributed by atoms with van der Waals surface area (Å²) < 4.78 is 43.3. The van der Waals surface area contributed by atoms with E-state index >= 15 is 0 Å². The van der Waals surface area contributed by atoms with Crippen LogP contribution in [0, 0.1) is 17.5 Å². The molecule has 1 aromatic rings. The Labute approximate surface area is 96.6 Å². The molecule has 0 atom stereocenters. The van der Waals surface area contributed by atoms with Crippen LogP contribution >= 0.6 is 0 Å². The quantitative estimate of drug-likeness (QED) is 0.656. The smallest absolute Gasteiger partial charge is 0.325 e. The van der Waals surface area contributed by atoms with E-state index in [1.165, 1.54) is 0 Å². The SMILES string of the molecule is CC(C)OC(=O)CNc1cc(F)c(F)cc1F. The Morgan fingerprint density at radius 3 is 2.41 bits per heavy atom. The molecule has 0 bridgehead atoms. The van der Waals surface area contributed by atoms with Crippen molar-refractivity contribution in [1.29, 1.82) is 0 Å². The van der Waals surface area contributed by atoms with Crippen molar-refractivity contribution in [2.24, 2.45) is 0 Å². The first kappa shape index (κ1) is 13.3. The van der Waals surface area contributed by atoms with Gasteiger partial charge in [0.25, 0.3) is 0 Å². The lowest BCUT2D eigenvalue weighted by Gasteiger charge is -2.10. The van der Waals surface area contributed by atoms with E-state index in [9.17, 15) is 18.0 Å². The fourth-order valence-electron chi connectivity index (χ4n) is 1.13. The van der Waals surface area contributed by atoms with E-state index in [1.807, 2.05) is 0 Å². The topological polar surface area (TPSA) is 38.3 Å². The molecule has 0 aliphatic carbocycles. The second-order valence-electron chi connectivity index (χ2n) is 3.64. The van der Waals surface area contributed by atoms with E-state index in [0.717, 1.165) is 0 Å². The van der Waals surface area contributed by atoms with Gasteiger partial charge in [-0.05, 0) is 13.8 Å². The lowest BCUT2D eigenvalue weighted by atomic mass is 10.3. The lowest BCUT2D eigenvalue weighted by Crippen LogP contribution is -2.20. The molecule has 0 saturated carbocycles. The molecule has 0 aliphatic rings. The molecule has 0 unspecified atom stereocenters. The Kier molecular flexibility index (Phi) is 4.37. The van der Waals surface area contributed by atoms with E-state index in [0.29, 0.717) is 12.1 Å². The van der Waals surface area contributed by atoms with Crippen molar-refractivity contribution >= 4 is 11.7 Å². The Hall–Kier alpha value is -1.72. The highest BCUT2D eigenvalue weighted by atomic mass is 19.2. The molecule has 0 aliphatic heterocycles. The molecule has 94 valence electrons. The summed E-state index contributed by atoms with van der Waals surface area (Å²) >= 11 is 0. The molecular weight excluding hydrogens is 235 g/mol. The van der Waals surface area contributed by atoms with E-state index in [4.69, 9.17) is 4.74 Å². The number of hydrogen-bond acceptors (Lipinski definition) is 3. The zero-order chi connectivity index (χ0) is 13.0. The molecule has 1 N–H and O–H groups in total. The van der Waals surface area contributed by atoms with Gasteiger partial charge in [-0.25, -0.2) is 13.2 Å². The van der Waals surface area contributed by atoms with Crippen molar-refractivity contribution < 1.29 is 22.7 Å². The number of ether oxygens (including phenoxy) is 1. The second-order valence-corrected chi connectivity index (χ2v) is 3.64. The van der Waals surface area contributed by atoms with Crippen molar-refractivity contribution in [3.05, 3.63) is 29.6 Å². The van der Waals surface area contributed by atoms with Crippen molar-refractivity contribution in [1.82, 2.24) is 0 Å². The fraction of sp³-hybridized carbons (Fsp3) is 0.364. The van der Waals surface area contributed by atoms with Crippen LogP contribution in [-0.4, -0.2) is 18.6 Å². The molecule has 0 aromatic heterocycles. The van der Waals surface area contributed by atoms with Gasteiger partial charge in [0.05, 0.1) is 11.8 Å². The maximum atomic E-state index is 13.1. The molecule has 1 aromatic carbocycles. The normalized spacial score (nSPS) is 10.5. The number of hydrogen-bond donors (Lipinski definition) is 1. The van der Waals surface area contributed by atoms with Crippen molar-refractivity contribution in [3.63, 3.8) is 0 Å². The first-order valence-corrected chi connectivity index (χ1v) is 4.98. The summed E-state index contributed by atoms with van der Waals surface area (Å²) in [6, 6.07) is 1.05. The van der Waals surface area contributed by atoms with Gasteiger partial charge in [-0.1, -0.05) is 0 Å². The number of esters is 1. The van der Waals surface area contributed by atoms with Gasteiger partial charge in [0.1, 0.15) is 12.4 Å². The third-order valence-corrected chi connectivity index (χ3v) is 1.80. The summed E-state index contributed by atoms with van der Waals surface area (Å²) in [5, 5.41) is 2.33. The predicted molar refractivity (Wildman–Crippen MR) is 56.0 cm³/mol. The van der Waals surface area contributed by atoms with Gasteiger partial charge in [-0.2, -0.15) is 0 Å². The zero-order valence-corrected chi connectivity index (χ0v) is 9.39. The zero-order valence-electron chi connectivity index (χ0n) is 9.39. The van der Waals surface area contributed by atoms with E-state index in [-0.39, 0.29) is 18.3 Å². The summed E-state index contributed by atoms with van der Waals surface area (Å²) in [6.07, 6.45) is -0.292. The van der Waals surface area contributed by atoms with Gasteiger partial charge in [0.2, 0.25) is 0 Å². The van der Waals surface area contributed by atoms with Gasteiger partial charge in [-0.3, -0.25) is 4.79 Å². The molecule has 0 amide bonds. The average Bonchev–Trinajstić information content (AvgIpc) is 2.20. The first-order valence-electron chi connectivity index (χ1n) is 4.98. The molecule has 0 spiro atoms. The molecule has 0 heterocycles. The monoisotopic (exact) mass is 247 g/mol. The third kappa shape index (κ3) is 3.97. The maximum Gasteiger partial charge on any atom is 0.325 e. The number of benzene rings is 1.